The van der Waals surface area contributed by atoms with Crippen molar-refractivity contribution >= 4 is 61.7 Å². The molecule has 0 bridgehead atoms. The van der Waals surface area contributed by atoms with Crippen molar-refractivity contribution in [2.45, 2.75) is 49.4 Å². The Morgan fingerprint density at radius 1 is 0.654 bits per heavy atom. The highest BCUT2D eigenvalue weighted by Gasteiger charge is 2.38. The maximum absolute atomic E-state index is 5.85. The monoisotopic (exact) mass is 482 g/mol. The van der Waals surface area contributed by atoms with Crippen LogP contribution in [0, 0.1) is 0 Å². The van der Waals surface area contributed by atoms with E-state index in [1.165, 1.54) is 0 Å². The number of ether oxygens (including phenoxy) is 6. The predicted octanol–water partition coefficient (Wildman–Crippen LogP) is 1.79. The first kappa shape index (κ1) is 27.6. The van der Waals surface area contributed by atoms with E-state index in [0.29, 0.717) is 46.9 Å². The molecule has 0 heterocycles. The Morgan fingerprint density at radius 3 is 1.12 bits per heavy atom. The lowest BCUT2D eigenvalue weighted by molar-refractivity contribution is -0.207. The number of hydrogen-bond donors (Lipinski definition) is 0. The molecule has 158 valence electrons. The van der Waals surface area contributed by atoms with Gasteiger partial charge in [0.05, 0.1) is 20.5 Å². The van der Waals surface area contributed by atoms with Crippen molar-refractivity contribution in [3.05, 3.63) is 0 Å². The average molecular weight is 483 g/mol. The van der Waals surface area contributed by atoms with Gasteiger partial charge in [0.25, 0.3) is 0 Å². The maximum atomic E-state index is 5.85. The van der Waals surface area contributed by atoms with E-state index >= 15 is 0 Å². The van der Waals surface area contributed by atoms with Gasteiger partial charge in [-0.15, -0.1) is 0 Å². The second kappa shape index (κ2) is 15.4. The minimum absolute atomic E-state index is 0.201. The minimum Gasteiger partial charge on any atom is -0.365 e. The van der Waals surface area contributed by atoms with Crippen molar-refractivity contribution < 1.29 is 28.4 Å². The summed E-state index contributed by atoms with van der Waals surface area (Å²) in [5.41, 5.74) is -1.71. The van der Waals surface area contributed by atoms with E-state index in [-0.39, 0.29) is 10.9 Å². The second-order valence-electron chi connectivity index (χ2n) is 5.23. The van der Waals surface area contributed by atoms with E-state index in [2.05, 4.69) is 0 Å². The minimum atomic E-state index is -0.653. The standard InChI is InChI=1S/C14H34O6S4Si2/c1-7-17-13(25,18-8-2)11(15-5)21-23-24-22-12(16-6)14(26,19-9-3)20-10-4/h11-12H,7-10H2,1-6,25-26H3. The Balaban J connectivity index is 4.66. The third-order valence-corrected chi connectivity index (χ3v) is 13.2. The molecule has 0 fully saturated rings. The number of hydrogen-bond acceptors (Lipinski definition) is 10. The van der Waals surface area contributed by atoms with Gasteiger partial charge in [0, 0.05) is 40.6 Å². The molecule has 0 N–H and O–H groups in total. The molecule has 0 saturated carbocycles. The van der Waals surface area contributed by atoms with E-state index < -0.39 is 10.8 Å². The Bertz CT molecular complexity index is 315. The first-order valence-corrected chi connectivity index (χ1v) is 15.6. The summed E-state index contributed by atoms with van der Waals surface area (Å²) in [6, 6.07) is 0. The molecule has 6 nitrogen and oxygen atoms in total. The fraction of sp³-hybridized carbons (Fsp3) is 1.00. The quantitative estimate of drug-likeness (QED) is 0.133. The highest BCUT2D eigenvalue weighted by molar-refractivity contribution is 9.26. The summed E-state index contributed by atoms with van der Waals surface area (Å²) in [7, 11) is 11.2. The molecular formula is C14H34O6S4Si2. The van der Waals surface area contributed by atoms with Gasteiger partial charge in [0.1, 0.15) is 0 Å². The Kier molecular flexibility index (Phi) is 16.4. The van der Waals surface area contributed by atoms with Gasteiger partial charge in [-0.2, -0.15) is 0 Å². The van der Waals surface area contributed by atoms with E-state index in [1.54, 1.807) is 55.5 Å². The fourth-order valence-electron chi connectivity index (χ4n) is 2.29. The van der Waals surface area contributed by atoms with Crippen LogP contribution in [0.25, 0.3) is 0 Å². The topological polar surface area (TPSA) is 55.4 Å². The molecule has 0 radical (unpaired) electrons. The lowest BCUT2D eigenvalue weighted by atomic mass is 10.6. The molecule has 0 aliphatic heterocycles. The van der Waals surface area contributed by atoms with Crippen LogP contribution in [0.1, 0.15) is 27.7 Å². The molecule has 0 saturated heterocycles. The molecule has 0 spiro atoms. The zero-order valence-corrected chi connectivity index (χ0v) is 24.3. The van der Waals surface area contributed by atoms with Crippen molar-refractivity contribution in [1.82, 2.24) is 0 Å². The Labute approximate surface area is 179 Å². The third-order valence-electron chi connectivity index (χ3n) is 3.29. The zero-order chi connectivity index (χ0) is 20.1. The van der Waals surface area contributed by atoms with Gasteiger partial charge in [-0.25, -0.2) is 0 Å². The van der Waals surface area contributed by atoms with Gasteiger partial charge >= 0.3 is 0 Å². The molecule has 0 aliphatic carbocycles. The zero-order valence-electron chi connectivity index (χ0n) is 17.1. The summed E-state index contributed by atoms with van der Waals surface area (Å²) in [5, 5.41) is 0. The summed E-state index contributed by atoms with van der Waals surface area (Å²) < 4.78 is 34.6. The van der Waals surface area contributed by atoms with Gasteiger partial charge < -0.3 is 28.4 Å². The molecule has 0 aromatic heterocycles. The molecule has 2 unspecified atom stereocenters. The SMILES string of the molecule is CCOC([SiH3])(OCC)C(OC)SSSSC(OC)C([SiH3])(OCC)OCC. The van der Waals surface area contributed by atoms with E-state index in [4.69, 9.17) is 28.4 Å². The third kappa shape index (κ3) is 9.39. The van der Waals surface area contributed by atoms with Gasteiger partial charge in [-0.05, 0) is 68.9 Å². The molecule has 0 aliphatic rings. The van der Waals surface area contributed by atoms with Gasteiger partial charge in [-0.1, -0.05) is 0 Å². The van der Waals surface area contributed by atoms with Crippen LogP contribution in [0.5, 0.6) is 0 Å². The van der Waals surface area contributed by atoms with E-state index in [9.17, 15) is 0 Å². The van der Waals surface area contributed by atoms with Crippen molar-refractivity contribution in [2.75, 3.05) is 40.6 Å². The summed E-state index contributed by atoms with van der Waals surface area (Å²) in [6.07, 6.45) is 0. The highest BCUT2D eigenvalue weighted by Crippen LogP contribution is 2.50. The average Bonchev–Trinajstić information content (AvgIpc) is 2.58. The van der Waals surface area contributed by atoms with Gasteiger partial charge in [0.2, 0.25) is 0 Å². The van der Waals surface area contributed by atoms with Crippen molar-refractivity contribution in [3.8, 4) is 0 Å². The van der Waals surface area contributed by atoms with Crippen molar-refractivity contribution in [3.63, 3.8) is 0 Å². The van der Waals surface area contributed by atoms with Crippen LogP contribution in [0.3, 0.4) is 0 Å². The molecule has 0 aromatic carbocycles. The number of methoxy groups -OCH3 is 2. The summed E-state index contributed by atoms with van der Waals surface area (Å²) in [4.78, 5) is 0. The van der Waals surface area contributed by atoms with E-state index in [1.807, 2.05) is 27.7 Å². The van der Waals surface area contributed by atoms with Crippen LogP contribution in [0.15, 0.2) is 0 Å². The van der Waals surface area contributed by atoms with Crippen LogP contribution in [-0.2, 0) is 28.4 Å². The molecule has 0 rings (SSSR count). The van der Waals surface area contributed by atoms with Crippen LogP contribution in [0.2, 0.25) is 0 Å². The smallest absolute Gasteiger partial charge is 0.176 e. The van der Waals surface area contributed by atoms with E-state index in [0.717, 1.165) is 0 Å². The lowest BCUT2D eigenvalue weighted by Gasteiger charge is -2.36. The highest BCUT2D eigenvalue weighted by atomic mass is 33.7. The van der Waals surface area contributed by atoms with Gasteiger partial charge in [0.15, 0.2) is 21.7 Å². The number of rotatable bonds is 17. The Hall–Kier alpha value is 1.59. The van der Waals surface area contributed by atoms with Crippen LogP contribution in [-0.4, -0.2) is 82.8 Å². The largest absolute Gasteiger partial charge is 0.365 e. The first-order chi connectivity index (χ1) is 12.4. The first-order valence-electron chi connectivity index (χ1n) is 8.64. The van der Waals surface area contributed by atoms with Crippen molar-refractivity contribution in [1.29, 1.82) is 0 Å². The summed E-state index contributed by atoms with van der Waals surface area (Å²) >= 11 is 0. The summed E-state index contributed by atoms with van der Waals surface area (Å²) in [5.74, 6) is 0. The predicted molar refractivity (Wildman–Crippen MR) is 124 cm³/mol. The second-order valence-corrected chi connectivity index (χ2v) is 13.9. The maximum Gasteiger partial charge on any atom is 0.176 e. The molecule has 0 aromatic rings. The molecule has 0 amide bonds. The molecule has 12 heteroatoms. The molecular weight excluding hydrogens is 449 g/mol. The lowest BCUT2D eigenvalue weighted by Crippen LogP contribution is -2.47. The van der Waals surface area contributed by atoms with Crippen LogP contribution < -0.4 is 0 Å². The summed E-state index contributed by atoms with van der Waals surface area (Å²) in [6.45, 7) is 10.2. The van der Waals surface area contributed by atoms with Crippen molar-refractivity contribution in [2.24, 2.45) is 0 Å². The fourth-order valence-corrected chi connectivity index (χ4v) is 12.4. The van der Waals surface area contributed by atoms with Gasteiger partial charge in [-0.3, -0.25) is 0 Å². The van der Waals surface area contributed by atoms with Crippen LogP contribution in [0.4, 0.5) is 0 Å². The van der Waals surface area contributed by atoms with Crippen LogP contribution >= 0.6 is 41.2 Å². The Morgan fingerprint density at radius 2 is 0.923 bits per heavy atom. The normalized spacial score (nSPS) is 15.5. The molecule has 2 atom stereocenters. The molecule has 26 heavy (non-hydrogen) atoms.